The molecule has 1 unspecified atom stereocenters. The zero-order valence-electron chi connectivity index (χ0n) is 15.4. The lowest BCUT2D eigenvalue weighted by Gasteiger charge is -2.42. The molecule has 0 amide bonds. The van der Waals surface area contributed by atoms with Gasteiger partial charge in [-0.3, -0.25) is 0 Å². The smallest absolute Gasteiger partial charge is 0.0951 e. The van der Waals surface area contributed by atoms with Crippen LogP contribution >= 0.6 is 11.8 Å². The van der Waals surface area contributed by atoms with Crippen LogP contribution in [0, 0.1) is 0 Å². The lowest BCUT2D eigenvalue weighted by Crippen LogP contribution is -2.47. The van der Waals surface area contributed by atoms with Crippen molar-refractivity contribution >= 4 is 11.8 Å². The maximum atomic E-state index is 11.1. The molecular formula is C24H24O3S. The van der Waals surface area contributed by atoms with Gasteiger partial charge in [0.1, 0.15) is 0 Å². The van der Waals surface area contributed by atoms with Crippen molar-refractivity contribution in [3.05, 3.63) is 108 Å². The molecule has 1 heterocycles. The number of rotatable bonds is 5. The van der Waals surface area contributed by atoms with Crippen LogP contribution in [0.1, 0.15) is 16.7 Å². The van der Waals surface area contributed by atoms with Crippen LogP contribution in [0.4, 0.5) is 0 Å². The van der Waals surface area contributed by atoms with Crippen LogP contribution in [-0.4, -0.2) is 44.6 Å². The molecule has 0 saturated carbocycles. The molecule has 0 radical (unpaired) electrons. The maximum Gasteiger partial charge on any atom is 0.0951 e. The molecule has 0 bridgehead atoms. The Morgan fingerprint density at radius 2 is 1.04 bits per heavy atom. The zero-order chi connectivity index (χ0) is 19.6. The fourth-order valence-electron chi connectivity index (χ4n) is 4.35. The average molecular weight is 393 g/mol. The molecule has 28 heavy (non-hydrogen) atoms. The third-order valence-corrected chi connectivity index (χ3v) is 7.36. The second-order valence-corrected chi connectivity index (χ2v) is 8.55. The molecule has 3 aromatic carbocycles. The van der Waals surface area contributed by atoms with Gasteiger partial charge in [0.15, 0.2) is 0 Å². The van der Waals surface area contributed by atoms with Crippen molar-refractivity contribution in [2.75, 3.05) is 6.61 Å². The van der Waals surface area contributed by atoms with Crippen molar-refractivity contribution in [3.63, 3.8) is 0 Å². The van der Waals surface area contributed by atoms with Gasteiger partial charge >= 0.3 is 0 Å². The van der Waals surface area contributed by atoms with Gasteiger partial charge in [0.05, 0.1) is 34.7 Å². The molecule has 3 N–H and O–H groups in total. The van der Waals surface area contributed by atoms with E-state index in [4.69, 9.17) is 0 Å². The first-order valence-corrected chi connectivity index (χ1v) is 10.4. The van der Waals surface area contributed by atoms with E-state index in [0.717, 1.165) is 16.7 Å². The first kappa shape index (κ1) is 19.2. The van der Waals surface area contributed by atoms with E-state index in [9.17, 15) is 15.3 Å². The van der Waals surface area contributed by atoms with Crippen LogP contribution in [0.3, 0.4) is 0 Å². The molecule has 3 nitrogen and oxygen atoms in total. The summed E-state index contributed by atoms with van der Waals surface area (Å²) in [7, 11) is 0. The van der Waals surface area contributed by atoms with Gasteiger partial charge in [-0.05, 0) is 16.7 Å². The van der Waals surface area contributed by atoms with E-state index >= 15 is 0 Å². The predicted molar refractivity (Wildman–Crippen MR) is 113 cm³/mol. The molecular weight excluding hydrogens is 368 g/mol. The average Bonchev–Trinajstić information content (AvgIpc) is 3.06. The summed E-state index contributed by atoms with van der Waals surface area (Å²) in [5.41, 5.74) is 2.48. The van der Waals surface area contributed by atoms with E-state index in [0.29, 0.717) is 0 Å². The second kappa shape index (κ2) is 8.10. The quantitative estimate of drug-likeness (QED) is 0.584. The van der Waals surface area contributed by atoms with Crippen molar-refractivity contribution < 1.29 is 15.3 Å². The van der Waals surface area contributed by atoms with Crippen LogP contribution in [0.15, 0.2) is 91.0 Å². The van der Waals surface area contributed by atoms with Gasteiger partial charge in [-0.2, -0.15) is 0 Å². The van der Waals surface area contributed by atoms with E-state index in [1.807, 2.05) is 54.6 Å². The molecule has 3 aromatic rings. The maximum absolute atomic E-state index is 11.1. The third-order valence-electron chi connectivity index (χ3n) is 5.66. The zero-order valence-corrected chi connectivity index (χ0v) is 16.2. The summed E-state index contributed by atoms with van der Waals surface area (Å²) >= 11 is 1.47. The topological polar surface area (TPSA) is 60.7 Å². The summed E-state index contributed by atoms with van der Waals surface area (Å²) in [6.07, 6.45) is -1.95. The van der Waals surface area contributed by atoms with E-state index in [1.165, 1.54) is 11.8 Å². The van der Waals surface area contributed by atoms with Gasteiger partial charge in [-0.15, -0.1) is 11.8 Å². The Labute approximate surface area is 169 Å². The number of aliphatic hydroxyl groups excluding tert-OH is 3. The van der Waals surface area contributed by atoms with Crippen molar-refractivity contribution in [2.45, 2.75) is 28.1 Å². The molecule has 144 valence electrons. The molecule has 4 atom stereocenters. The summed E-state index contributed by atoms with van der Waals surface area (Å²) in [5, 5.41) is 30.7. The largest absolute Gasteiger partial charge is 0.395 e. The molecule has 1 fully saturated rings. The van der Waals surface area contributed by atoms with Crippen molar-refractivity contribution in [2.24, 2.45) is 0 Å². The van der Waals surface area contributed by atoms with Crippen molar-refractivity contribution in [1.82, 2.24) is 0 Å². The van der Waals surface area contributed by atoms with Gasteiger partial charge in [0.25, 0.3) is 0 Å². The SMILES string of the molecule is OC[C@@H]1SC(C(c2ccccc2)(c2ccccc2)c2ccccc2)[C@H](O)[C@@H]1O. The summed E-state index contributed by atoms with van der Waals surface area (Å²) in [6.45, 7) is -0.173. The second-order valence-electron chi connectivity index (χ2n) is 7.16. The van der Waals surface area contributed by atoms with Crippen LogP contribution in [0.25, 0.3) is 0 Å². The Morgan fingerprint density at radius 1 is 0.643 bits per heavy atom. The summed E-state index contributed by atoms with van der Waals surface area (Å²) in [5.74, 6) is 0. The summed E-state index contributed by atoms with van der Waals surface area (Å²) in [6, 6.07) is 30.4. The number of hydrogen-bond donors (Lipinski definition) is 3. The fourth-order valence-corrected chi connectivity index (χ4v) is 6.07. The molecule has 0 spiro atoms. The number of thioether (sulfide) groups is 1. The molecule has 1 aliphatic rings. The molecule has 4 rings (SSSR count). The molecule has 4 heteroatoms. The molecule has 0 aromatic heterocycles. The van der Waals surface area contributed by atoms with E-state index in [2.05, 4.69) is 36.4 Å². The van der Waals surface area contributed by atoms with Gasteiger partial charge in [-0.25, -0.2) is 0 Å². The minimum absolute atomic E-state index is 0.173. The Balaban J connectivity index is 2.02. The van der Waals surface area contributed by atoms with Crippen LogP contribution in [0.5, 0.6) is 0 Å². The van der Waals surface area contributed by atoms with Crippen LogP contribution in [-0.2, 0) is 5.41 Å². The van der Waals surface area contributed by atoms with Crippen LogP contribution < -0.4 is 0 Å². The van der Waals surface area contributed by atoms with Crippen molar-refractivity contribution in [1.29, 1.82) is 0 Å². The lowest BCUT2D eigenvalue weighted by atomic mass is 9.65. The van der Waals surface area contributed by atoms with E-state index in [1.54, 1.807) is 0 Å². The van der Waals surface area contributed by atoms with Crippen LogP contribution in [0.2, 0.25) is 0 Å². The highest BCUT2D eigenvalue weighted by Gasteiger charge is 2.54. The van der Waals surface area contributed by atoms with Crippen molar-refractivity contribution in [3.8, 4) is 0 Å². The first-order valence-electron chi connectivity index (χ1n) is 9.48. The third kappa shape index (κ3) is 3.07. The minimum Gasteiger partial charge on any atom is -0.395 e. The Morgan fingerprint density at radius 3 is 1.36 bits per heavy atom. The highest BCUT2D eigenvalue weighted by molar-refractivity contribution is 8.01. The van der Waals surface area contributed by atoms with E-state index < -0.39 is 22.9 Å². The van der Waals surface area contributed by atoms with Gasteiger partial charge in [-0.1, -0.05) is 91.0 Å². The van der Waals surface area contributed by atoms with Gasteiger partial charge in [0.2, 0.25) is 0 Å². The highest BCUT2D eigenvalue weighted by Crippen LogP contribution is 2.52. The number of aliphatic hydroxyl groups is 3. The normalized spacial score (nSPS) is 25.0. The highest BCUT2D eigenvalue weighted by atomic mass is 32.2. The number of hydrogen-bond acceptors (Lipinski definition) is 4. The first-order chi connectivity index (χ1) is 13.7. The molecule has 1 saturated heterocycles. The Kier molecular flexibility index (Phi) is 5.56. The van der Waals surface area contributed by atoms with E-state index in [-0.39, 0.29) is 11.9 Å². The standard InChI is InChI=1S/C24H24O3S/c25-16-20-21(26)22(27)23(28-20)24(17-10-4-1-5-11-17,18-12-6-2-7-13-18)19-14-8-3-9-15-19/h1-15,20-23,25-27H,16H2/t20-,21+,22+,23?/m0/s1. The predicted octanol–water partition coefficient (Wildman–Crippen LogP) is 3.22. The lowest BCUT2D eigenvalue weighted by molar-refractivity contribution is 0.0143. The van der Waals surface area contributed by atoms with Gasteiger partial charge < -0.3 is 15.3 Å². The monoisotopic (exact) mass is 392 g/mol. The molecule has 1 aliphatic heterocycles. The summed E-state index contributed by atoms with van der Waals surface area (Å²) < 4.78 is 0. The number of benzene rings is 3. The fraction of sp³-hybridized carbons (Fsp3) is 0.250. The molecule has 0 aliphatic carbocycles. The minimum atomic E-state index is -0.976. The Hall–Kier alpha value is -2.11. The Bertz CT molecular complexity index is 789. The summed E-state index contributed by atoms with van der Waals surface area (Å²) in [4.78, 5) is 0. The van der Waals surface area contributed by atoms with Gasteiger partial charge in [0, 0.05) is 0 Å².